The van der Waals surface area contributed by atoms with Crippen molar-refractivity contribution in [1.29, 1.82) is 0 Å². The first-order valence-electron chi connectivity index (χ1n) is 6.46. The SMILES string of the molecule is CNCc1ccc(S(=O)(=O)Nc2ccccc2SC)cc1. The summed E-state index contributed by atoms with van der Waals surface area (Å²) in [7, 11) is -1.71. The molecule has 0 bridgehead atoms. The third-order valence-electron chi connectivity index (χ3n) is 2.97. The number of thioether (sulfide) groups is 1. The second-order valence-electron chi connectivity index (χ2n) is 4.48. The lowest BCUT2D eigenvalue weighted by atomic mass is 10.2. The predicted octanol–water partition coefficient (Wildman–Crippen LogP) is 2.93. The molecule has 0 saturated carbocycles. The Morgan fingerprint density at radius 1 is 1.05 bits per heavy atom. The van der Waals surface area contributed by atoms with Crippen molar-refractivity contribution in [1.82, 2.24) is 5.32 Å². The highest BCUT2D eigenvalue weighted by Gasteiger charge is 2.15. The molecule has 0 saturated heterocycles. The molecule has 2 rings (SSSR count). The molecule has 0 aliphatic rings. The summed E-state index contributed by atoms with van der Waals surface area (Å²) in [5.41, 5.74) is 1.64. The predicted molar refractivity (Wildman–Crippen MR) is 88.2 cm³/mol. The van der Waals surface area contributed by atoms with Gasteiger partial charge in [-0.05, 0) is 43.1 Å². The summed E-state index contributed by atoms with van der Waals surface area (Å²) >= 11 is 1.51. The molecule has 6 heteroatoms. The van der Waals surface area contributed by atoms with Gasteiger partial charge < -0.3 is 5.32 Å². The van der Waals surface area contributed by atoms with Crippen LogP contribution in [0.15, 0.2) is 58.3 Å². The molecular formula is C15H18N2O2S2. The Kier molecular flexibility index (Phi) is 5.27. The number of rotatable bonds is 6. The van der Waals surface area contributed by atoms with Gasteiger partial charge in [-0.3, -0.25) is 4.72 Å². The van der Waals surface area contributed by atoms with Gasteiger partial charge >= 0.3 is 0 Å². The molecular weight excluding hydrogens is 304 g/mol. The lowest BCUT2D eigenvalue weighted by Crippen LogP contribution is -2.14. The van der Waals surface area contributed by atoms with Crippen LogP contribution in [-0.2, 0) is 16.6 Å². The van der Waals surface area contributed by atoms with Crippen molar-refractivity contribution in [3.8, 4) is 0 Å². The summed E-state index contributed by atoms with van der Waals surface area (Å²) in [6.07, 6.45) is 1.92. The van der Waals surface area contributed by atoms with Gasteiger partial charge in [0.05, 0.1) is 10.6 Å². The van der Waals surface area contributed by atoms with E-state index in [4.69, 9.17) is 0 Å². The van der Waals surface area contributed by atoms with Crippen LogP contribution in [0.2, 0.25) is 0 Å². The number of hydrogen-bond acceptors (Lipinski definition) is 4. The number of hydrogen-bond donors (Lipinski definition) is 2. The maximum absolute atomic E-state index is 12.4. The third kappa shape index (κ3) is 4.00. The molecule has 0 fully saturated rings. The van der Waals surface area contributed by atoms with Crippen LogP contribution >= 0.6 is 11.8 Å². The lowest BCUT2D eigenvalue weighted by Gasteiger charge is -2.11. The Morgan fingerprint density at radius 2 is 1.71 bits per heavy atom. The fraction of sp³-hybridized carbons (Fsp3) is 0.200. The lowest BCUT2D eigenvalue weighted by molar-refractivity contribution is 0.601. The van der Waals surface area contributed by atoms with Gasteiger partial charge in [-0.2, -0.15) is 0 Å². The third-order valence-corrected chi connectivity index (χ3v) is 5.14. The Labute approximate surface area is 130 Å². The van der Waals surface area contributed by atoms with Crippen LogP contribution in [0.5, 0.6) is 0 Å². The number of nitrogens with one attached hydrogen (secondary N) is 2. The van der Waals surface area contributed by atoms with Crippen LogP contribution in [0.25, 0.3) is 0 Å². The van der Waals surface area contributed by atoms with Crippen LogP contribution in [0.1, 0.15) is 5.56 Å². The van der Waals surface area contributed by atoms with E-state index in [-0.39, 0.29) is 4.90 Å². The minimum atomic E-state index is -3.56. The van der Waals surface area contributed by atoms with Crippen molar-refractivity contribution < 1.29 is 8.42 Å². The van der Waals surface area contributed by atoms with Crippen LogP contribution in [-0.4, -0.2) is 21.7 Å². The average molecular weight is 322 g/mol. The van der Waals surface area contributed by atoms with Gasteiger partial charge in [0.2, 0.25) is 0 Å². The molecule has 4 nitrogen and oxygen atoms in total. The summed E-state index contributed by atoms with van der Waals surface area (Å²) in [4.78, 5) is 1.16. The van der Waals surface area contributed by atoms with E-state index >= 15 is 0 Å². The van der Waals surface area contributed by atoms with Gasteiger partial charge in [0.25, 0.3) is 10.0 Å². The van der Waals surface area contributed by atoms with E-state index < -0.39 is 10.0 Å². The molecule has 0 aliphatic heterocycles. The van der Waals surface area contributed by atoms with Gasteiger partial charge in [-0.15, -0.1) is 11.8 Å². The highest BCUT2D eigenvalue weighted by atomic mass is 32.2. The molecule has 0 radical (unpaired) electrons. The smallest absolute Gasteiger partial charge is 0.261 e. The number of para-hydroxylation sites is 1. The Bertz CT molecular complexity index is 698. The molecule has 112 valence electrons. The minimum Gasteiger partial charge on any atom is -0.316 e. The van der Waals surface area contributed by atoms with E-state index in [0.717, 1.165) is 10.5 Å². The van der Waals surface area contributed by atoms with Gasteiger partial charge in [0.15, 0.2) is 0 Å². The monoisotopic (exact) mass is 322 g/mol. The number of benzene rings is 2. The standard InChI is InChI=1S/C15H18N2O2S2/c1-16-11-12-7-9-13(10-8-12)21(18,19)17-14-5-3-4-6-15(14)20-2/h3-10,16-17H,11H2,1-2H3. The summed E-state index contributed by atoms with van der Waals surface area (Å²) in [6, 6.07) is 14.2. The van der Waals surface area contributed by atoms with Gasteiger partial charge in [0.1, 0.15) is 0 Å². The Balaban J connectivity index is 2.25. The van der Waals surface area contributed by atoms with Gasteiger partial charge in [-0.1, -0.05) is 24.3 Å². The molecule has 2 aromatic rings. The largest absolute Gasteiger partial charge is 0.316 e. The summed E-state index contributed by atoms with van der Waals surface area (Å²) in [5, 5.41) is 3.03. The molecule has 0 aromatic heterocycles. The van der Waals surface area contributed by atoms with Crippen molar-refractivity contribution in [3.05, 3.63) is 54.1 Å². The zero-order valence-electron chi connectivity index (χ0n) is 12.0. The van der Waals surface area contributed by atoms with E-state index in [0.29, 0.717) is 12.2 Å². The van der Waals surface area contributed by atoms with Crippen molar-refractivity contribution >= 4 is 27.5 Å². The number of anilines is 1. The molecule has 21 heavy (non-hydrogen) atoms. The van der Waals surface area contributed by atoms with Crippen molar-refractivity contribution in [2.24, 2.45) is 0 Å². The molecule has 2 N–H and O–H groups in total. The summed E-state index contributed by atoms with van der Waals surface area (Å²) in [6.45, 7) is 0.711. The van der Waals surface area contributed by atoms with Crippen LogP contribution in [0.4, 0.5) is 5.69 Å². The number of sulfonamides is 1. The topological polar surface area (TPSA) is 58.2 Å². The highest BCUT2D eigenvalue weighted by Crippen LogP contribution is 2.27. The fourth-order valence-corrected chi connectivity index (χ4v) is 3.62. The van der Waals surface area contributed by atoms with Crippen molar-refractivity contribution in [2.45, 2.75) is 16.3 Å². The van der Waals surface area contributed by atoms with Crippen LogP contribution < -0.4 is 10.0 Å². The molecule has 0 amide bonds. The first-order chi connectivity index (χ1) is 10.1. The second-order valence-corrected chi connectivity index (χ2v) is 7.01. The fourth-order valence-electron chi connectivity index (χ4n) is 1.92. The second kappa shape index (κ2) is 6.98. The molecule has 0 heterocycles. The van der Waals surface area contributed by atoms with E-state index in [1.165, 1.54) is 11.8 Å². The maximum atomic E-state index is 12.4. The highest BCUT2D eigenvalue weighted by molar-refractivity contribution is 7.99. The van der Waals surface area contributed by atoms with Gasteiger partial charge in [-0.25, -0.2) is 8.42 Å². The van der Waals surface area contributed by atoms with Gasteiger partial charge in [0, 0.05) is 11.4 Å². The zero-order chi connectivity index (χ0) is 15.3. The van der Waals surface area contributed by atoms with Crippen molar-refractivity contribution in [2.75, 3.05) is 18.0 Å². The summed E-state index contributed by atoms with van der Waals surface area (Å²) in [5.74, 6) is 0. The summed E-state index contributed by atoms with van der Waals surface area (Å²) < 4.78 is 27.4. The Morgan fingerprint density at radius 3 is 2.33 bits per heavy atom. The molecule has 0 unspecified atom stereocenters. The Hall–Kier alpha value is -1.50. The minimum absolute atomic E-state index is 0.262. The van der Waals surface area contributed by atoms with Crippen LogP contribution in [0, 0.1) is 0 Å². The van der Waals surface area contributed by atoms with Crippen LogP contribution in [0.3, 0.4) is 0 Å². The van der Waals surface area contributed by atoms with Crippen molar-refractivity contribution in [3.63, 3.8) is 0 Å². The average Bonchev–Trinajstić information content (AvgIpc) is 2.48. The first-order valence-corrected chi connectivity index (χ1v) is 9.17. The van der Waals surface area contributed by atoms with E-state index in [9.17, 15) is 8.42 Å². The molecule has 0 atom stereocenters. The molecule has 0 aliphatic carbocycles. The maximum Gasteiger partial charge on any atom is 0.261 e. The quantitative estimate of drug-likeness (QED) is 0.803. The van der Waals surface area contributed by atoms with E-state index in [2.05, 4.69) is 10.0 Å². The zero-order valence-corrected chi connectivity index (χ0v) is 13.6. The van der Waals surface area contributed by atoms with E-state index in [1.54, 1.807) is 18.2 Å². The molecule has 2 aromatic carbocycles. The molecule has 0 spiro atoms. The normalized spacial score (nSPS) is 11.3. The first kappa shape index (κ1) is 15.9. The van der Waals surface area contributed by atoms with E-state index in [1.807, 2.05) is 43.6 Å².